The monoisotopic (exact) mass is 413 g/mol. The van der Waals surface area contributed by atoms with Crippen molar-refractivity contribution in [3.05, 3.63) is 78.6 Å². The van der Waals surface area contributed by atoms with E-state index in [1.165, 1.54) is 12.1 Å². The van der Waals surface area contributed by atoms with Crippen molar-refractivity contribution in [2.75, 3.05) is 0 Å². The van der Waals surface area contributed by atoms with E-state index in [4.69, 9.17) is 4.74 Å². The fourth-order valence-corrected chi connectivity index (χ4v) is 3.48. The third-order valence-electron chi connectivity index (χ3n) is 4.63. The van der Waals surface area contributed by atoms with E-state index in [1.807, 2.05) is 19.1 Å². The van der Waals surface area contributed by atoms with E-state index < -0.39 is 16.2 Å². The Labute approximate surface area is 170 Å². The van der Waals surface area contributed by atoms with E-state index in [1.54, 1.807) is 48.8 Å². The first-order valence-electron chi connectivity index (χ1n) is 9.24. The average Bonchev–Trinajstić information content (AvgIpc) is 2.73. The highest BCUT2D eigenvalue weighted by Gasteiger charge is 2.16. The van der Waals surface area contributed by atoms with Gasteiger partial charge in [0.25, 0.3) is 10.1 Å². The molecule has 1 heterocycles. The summed E-state index contributed by atoms with van der Waals surface area (Å²) in [6.07, 6.45) is 3.77. The fourth-order valence-electron chi connectivity index (χ4n) is 2.95. The number of hydrogen-bond acceptors (Lipinski definition) is 5. The number of ether oxygens (including phenoxy) is 1. The van der Waals surface area contributed by atoms with Crippen molar-refractivity contribution in [3.63, 3.8) is 0 Å². The van der Waals surface area contributed by atoms with Gasteiger partial charge in [-0.25, -0.2) is 0 Å². The molecule has 29 heavy (non-hydrogen) atoms. The lowest BCUT2D eigenvalue weighted by Gasteiger charge is -2.20. The first-order chi connectivity index (χ1) is 13.8. The van der Waals surface area contributed by atoms with Gasteiger partial charge >= 0.3 is 0 Å². The van der Waals surface area contributed by atoms with Crippen LogP contribution in [0.3, 0.4) is 0 Å². The van der Waals surface area contributed by atoms with Crippen LogP contribution in [-0.2, 0) is 16.5 Å². The zero-order valence-electron chi connectivity index (χ0n) is 16.0. The Morgan fingerprint density at radius 3 is 2.45 bits per heavy atom. The van der Waals surface area contributed by atoms with Crippen LogP contribution in [0.15, 0.2) is 78.0 Å². The topological polar surface area (TPSA) is 96.7 Å². The van der Waals surface area contributed by atoms with Crippen LogP contribution < -0.4 is 4.74 Å². The van der Waals surface area contributed by atoms with Gasteiger partial charge in [-0.05, 0) is 66.8 Å². The third-order valence-corrected chi connectivity index (χ3v) is 5.48. The van der Waals surface area contributed by atoms with Crippen molar-refractivity contribution in [3.8, 4) is 16.9 Å². The van der Waals surface area contributed by atoms with Crippen LogP contribution in [0.2, 0.25) is 0 Å². The lowest BCUT2D eigenvalue weighted by molar-refractivity contribution is 0.0420. The SMILES string of the molecule is C[C@H](Oc1ccc(-c2cccc(S(=O)(=O)O)c2)cc1)[C@H](O)CCc1cccnc1. The van der Waals surface area contributed by atoms with Gasteiger partial charge in [-0.3, -0.25) is 9.54 Å². The van der Waals surface area contributed by atoms with Crippen molar-refractivity contribution >= 4 is 10.1 Å². The predicted molar refractivity (Wildman–Crippen MR) is 110 cm³/mol. The van der Waals surface area contributed by atoms with E-state index in [9.17, 15) is 18.1 Å². The van der Waals surface area contributed by atoms with Crippen molar-refractivity contribution in [1.82, 2.24) is 4.98 Å². The zero-order chi connectivity index (χ0) is 20.9. The van der Waals surface area contributed by atoms with Crippen molar-refractivity contribution < 1.29 is 22.8 Å². The number of aliphatic hydroxyl groups is 1. The van der Waals surface area contributed by atoms with Gasteiger partial charge in [-0.2, -0.15) is 8.42 Å². The van der Waals surface area contributed by atoms with E-state index in [0.717, 1.165) is 11.1 Å². The minimum Gasteiger partial charge on any atom is -0.488 e. The Balaban J connectivity index is 1.61. The summed E-state index contributed by atoms with van der Waals surface area (Å²) in [6.45, 7) is 1.82. The zero-order valence-corrected chi connectivity index (χ0v) is 16.8. The quantitative estimate of drug-likeness (QED) is 0.546. The standard InChI is InChI=1S/C22H23NO5S/c1-16(22(24)12-7-17-4-3-13-23-15-17)28-20-10-8-18(9-11-20)19-5-2-6-21(14-19)29(25,26)27/h2-6,8-11,13-16,22,24H,7,12H2,1H3,(H,25,26,27)/t16-,22+/m0/s1. The number of benzene rings is 2. The van der Waals surface area contributed by atoms with Gasteiger partial charge in [-0.1, -0.05) is 30.3 Å². The van der Waals surface area contributed by atoms with E-state index in [-0.39, 0.29) is 11.0 Å². The molecule has 6 nitrogen and oxygen atoms in total. The van der Waals surface area contributed by atoms with Crippen molar-refractivity contribution in [1.29, 1.82) is 0 Å². The summed E-state index contributed by atoms with van der Waals surface area (Å²) in [7, 11) is -4.25. The summed E-state index contributed by atoms with van der Waals surface area (Å²) in [6, 6.07) is 17.1. The normalized spacial score (nSPS) is 13.6. The lowest BCUT2D eigenvalue weighted by Crippen LogP contribution is -2.29. The fraction of sp³-hybridized carbons (Fsp3) is 0.227. The van der Waals surface area contributed by atoms with Crippen LogP contribution in [0.1, 0.15) is 18.9 Å². The Morgan fingerprint density at radius 1 is 1.03 bits per heavy atom. The van der Waals surface area contributed by atoms with Crippen LogP contribution >= 0.6 is 0 Å². The van der Waals surface area contributed by atoms with Crippen LogP contribution in [0, 0.1) is 0 Å². The molecule has 2 N–H and O–H groups in total. The first-order valence-corrected chi connectivity index (χ1v) is 10.7. The Hall–Kier alpha value is -2.74. The van der Waals surface area contributed by atoms with Crippen LogP contribution in [0.5, 0.6) is 5.75 Å². The summed E-state index contributed by atoms with van der Waals surface area (Å²) in [5, 5.41) is 10.4. The molecule has 0 bridgehead atoms. The summed E-state index contributed by atoms with van der Waals surface area (Å²) in [5.74, 6) is 0.604. The summed E-state index contributed by atoms with van der Waals surface area (Å²) < 4.78 is 37.6. The predicted octanol–water partition coefficient (Wildman–Crippen LogP) is 3.76. The molecule has 0 radical (unpaired) electrons. The largest absolute Gasteiger partial charge is 0.488 e. The molecule has 3 aromatic rings. The molecule has 0 aliphatic rings. The highest BCUT2D eigenvalue weighted by molar-refractivity contribution is 7.85. The first kappa shape index (κ1) is 21.0. The van der Waals surface area contributed by atoms with E-state index in [0.29, 0.717) is 24.2 Å². The number of nitrogens with zero attached hydrogens (tertiary/aromatic N) is 1. The maximum absolute atomic E-state index is 11.3. The molecule has 0 amide bonds. The molecule has 0 unspecified atom stereocenters. The number of hydrogen-bond donors (Lipinski definition) is 2. The molecule has 0 aliphatic heterocycles. The van der Waals surface area contributed by atoms with Crippen LogP contribution in [-0.4, -0.2) is 35.3 Å². The van der Waals surface area contributed by atoms with Gasteiger partial charge in [-0.15, -0.1) is 0 Å². The summed E-state index contributed by atoms with van der Waals surface area (Å²) in [4.78, 5) is 3.91. The second kappa shape index (κ2) is 9.17. The van der Waals surface area contributed by atoms with Gasteiger partial charge in [0.05, 0.1) is 11.0 Å². The lowest BCUT2D eigenvalue weighted by atomic mass is 10.0. The molecule has 0 fully saturated rings. The Kier molecular flexibility index (Phi) is 6.64. The van der Waals surface area contributed by atoms with E-state index in [2.05, 4.69) is 4.98 Å². The van der Waals surface area contributed by atoms with Gasteiger partial charge in [0.1, 0.15) is 11.9 Å². The van der Waals surface area contributed by atoms with Gasteiger partial charge in [0.2, 0.25) is 0 Å². The number of aryl methyl sites for hydroxylation is 1. The molecule has 7 heteroatoms. The van der Waals surface area contributed by atoms with Gasteiger partial charge in [0, 0.05) is 12.4 Å². The number of aromatic nitrogens is 1. The number of pyridine rings is 1. The number of aliphatic hydroxyl groups excluding tert-OH is 1. The molecule has 2 atom stereocenters. The third kappa shape index (κ3) is 5.87. The average molecular weight is 413 g/mol. The highest BCUT2D eigenvalue weighted by Crippen LogP contribution is 2.25. The summed E-state index contributed by atoms with van der Waals surface area (Å²) in [5.41, 5.74) is 2.51. The smallest absolute Gasteiger partial charge is 0.294 e. The molecule has 0 spiro atoms. The van der Waals surface area contributed by atoms with Crippen LogP contribution in [0.4, 0.5) is 0 Å². The van der Waals surface area contributed by atoms with Crippen molar-refractivity contribution in [2.45, 2.75) is 36.9 Å². The molecule has 1 aromatic heterocycles. The molecule has 0 saturated heterocycles. The van der Waals surface area contributed by atoms with Crippen molar-refractivity contribution in [2.24, 2.45) is 0 Å². The minimum absolute atomic E-state index is 0.152. The second-order valence-electron chi connectivity index (χ2n) is 6.82. The van der Waals surface area contributed by atoms with Gasteiger partial charge < -0.3 is 9.84 Å². The molecule has 0 saturated carbocycles. The number of rotatable bonds is 8. The Morgan fingerprint density at radius 2 is 1.79 bits per heavy atom. The maximum atomic E-state index is 11.3. The maximum Gasteiger partial charge on any atom is 0.294 e. The molecule has 2 aromatic carbocycles. The second-order valence-corrected chi connectivity index (χ2v) is 8.24. The van der Waals surface area contributed by atoms with Gasteiger partial charge in [0.15, 0.2) is 0 Å². The molecule has 152 valence electrons. The Bertz CT molecular complexity index is 1040. The minimum atomic E-state index is -4.25. The van der Waals surface area contributed by atoms with E-state index >= 15 is 0 Å². The molecular formula is C22H23NO5S. The van der Waals surface area contributed by atoms with Crippen LogP contribution in [0.25, 0.3) is 11.1 Å². The molecular weight excluding hydrogens is 390 g/mol. The highest BCUT2D eigenvalue weighted by atomic mass is 32.2. The molecule has 3 rings (SSSR count). The summed E-state index contributed by atoms with van der Waals surface area (Å²) >= 11 is 0. The molecule has 0 aliphatic carbocycles.